The zero-order valence-electron chi connectivity index (χ0n) is 26.5. The van der Waals surface area contributed by atoms with Gasteiger partial charge in [-0.05, 0) is 79.3 Å². The van der Waals surface area contributed by atoms with E-state index in [-0.39, 0.29) is 24.2 Å². The SMILES string of the molecule is Cc1cc(C(F)(F)F)nn1CC(=O)N1N=C2/C(=C/c3ccc(N4CCOCC4)cc3)CCCC2C1c1ccc(N2CCOCC2)cc1. The quantitative estimate of drug-likeness (QED) is 0.341. The number of hydrogen-bond acceptors (Lipinski definition) is 7. The molecule has 3 fully saturated rings. The Labute approximate surface area is 272 Å². The molecular weight excluding hydrogens is 609 g/mol. The Balaban J connectivity index is 1.19. The summed E-state index contributed by atoms with van der Waals surface area (Å²) in [6.07, 6.45) is 0.197. The van der Waals surface area contributed by atoms with Gasteiger partial charge in [0.05, 0.1) is 38.2 Å². The highest BCUT2D eigenvalue weighted by Gasteiger charge is 2.44. The molecule has 7 rings (SSSR count). The monoisotopic (exact) mass is 648 g/mol. The fraction of sp³-hybridized carbons (Fsp3) is 0.457. The Bertz CT molecular complexity index is 1640. The summed E-state index contributed by atoms with van der Waals surface area (Å²) in [6, 6.07) is 17.3. The maximum absolute atomic E-state index is 13.9. The molecule has 0 spiro atoms. The Morgan fingerprint density at radius 2 is 1.51 bits per heavy atom. The van der Waals surface area contributed by atoms with E-state index in [1.54, 1.807) is 0 Å². The van der Waals surface area contributed by atoms with Crippen molar-refractivity contribution in [2.75, 3.05) is 62.4 Å². The third kappa shape index (κ3) is 6.66. The fourth-order valence-corrected chi connectivity index (χ4v) is 7.06. The van der Waals surface area contributed by atoms with Crippen molar-refractivity contribution in [1.29, 1.82) is 0 Å². The molecule has 0 N–H and O–H groups in total. The first-order chi connectivity index (χ1) is 22.7. The molecule has 4 aliphatic rings. The molecule has 9 nitrogen and oxygen atoms in total. The average molecular weight is 649 g/mol. The van der Waals surface area contributed by atoms with Crippen LogP contribution in [-0.2, 0) is 27.0 Å². The highest BCUT2D eigenvalue weighted by Crippen LogP contribution is 2.45. The number of alkyl halides is 3. The molecule has 47 heavy (non-hydrogen) atoms. The van der Waals surface area contributed by atoms with Crippen LogP contribution in [0.4, 0.5) is 24.5 Å². The second-order valence-corrected chi connectivity index (χ2v) is 12.5. The molecule has 0 bridgehead atoms. The number of carbonyl (C=O) groups is 1. The number of aryl methyl sites for hydroxylation is 1. The molecule has 2 unspecified atom stereocenters. The maximum Gasteiger partial charge on any atom is 0.435 e. The maximum atomic E-state index is 13.9. The first-order valence-corrected chi connectivity index (χ1v) is 16.3. The van der Waals surface area contributed by atoms with E-state index < -0.39 is 17.8 Å². The van der Waals surface area contributed by atoms with E-state index in [0.717, 1.165) is 103 Å². The number of fused-ring (bicyclic) bond motifs is 1. The minimum absolute atomic E-state index is 0.0368. The van der Waals surface area contributed by atoms with Crippen LogP contribution < -0.4 is 9.80 Å². The van der Waals surface area contributed by atoms with Crippen molar-refractivity contribution in [3.8, 4) is 0 Å². The van der Waals surface area contributed by atoms with Crippen LogP contribution in [0.5, 0.6) is 0 Å². The van der Waals surface area contributed by atoms with Crippen LogP contribution in [0.15, 0.2) is 65.3 Å². The van der Waals surface area contributed by atoms with Crippen LogP contribution in [0.3, 0.4) is 0 Å². The van der Waals surface area contributed by atoms with Crippen molar-refractivity contribution in [2.45, 2.75) is 44.9 Å². The number of hydrazone groups is 1. The lowest BCUT2D eigenvalue weighted by Gasteiger charge is -2.31. The summed E-state index contributed by atoms with van der Waals surface area (Å²) in [4.78, 5) is 18.5. The Morgan fingerprint density at radius 3 is 2.09 bits per heavy atom. The number of halogens is 3. The third-order valence-corrected chi connectivity index (χ3v) is 9.53. The molecule has 1 saturated carbocycles. The number of ether oxygens (including phenoxy) is 2. The number of rotatable bonds is 6. The molecule has 0 radical (unpaired) electrons. The van der Waals surface area contributed by atoms with Gasteiger partial charge in [0.2, 0.25) is 0 Å². The number of amides is 1. The summed E-state index contributed by atoms with van der Waals surface area (Å²) in [7, 11) is 0. The minimum Gasteiger partial charge on any atom is -0.378 e. The first kappa shape index (κ1) is 31.4. The van der Waals surface area contributed by atoms with E-state index in [1.807, 2.05) is 0 Å². The van der Waals surface area contributed by atoms with Gasteiger partial charge in [-0.25, -0.2) is 5.01 Å². The lowest BCUT2D eigenvalue weighted by Crippen LogP contribution is -2.36. The zero-order chi connectivity index (χ0) is 32.5. The molecule has 4 heterocycles. The van der Waals surface area contributed by atoms with Crippen LogP contribution in [0.2, 0.25) is 0 Å². The second kappa shape index (κ2) is 13.2. The van der Waals surface area contributed by atoms with Crippen LogP contribution >= 0.6 is 0 Å². The minimum atomic E-state index is -4.59. The molecule has 248 valence electrons. The summed E-state index contributed by atoms with van der Waals surface area (Å²) >= 11 is 0. The van der Waals surface area contributed by atoms with Crippen molar-refractivity contribution in [1.82, 2.24) is 14.8 Å². The van der Waals surface area contributed by atoms with Crippen LogP contribution in [0.1, 0.15) is 47.8 Å². The van der Waals surface area contributed by atoms with Crippen molar-refractivity contribution in [3.63, 3.8) is 0 Å². The van der Waals surface area contributed by atoms with Gasteiger partial charge in [-0.15, -0.1) is 0 Å². The standard InChI is InChI=1S/C35H39F3N6O3/c1-24-21-31(35(36,37)38)39-43(24)23-32(45)44-34(26-7-11-29(12-8-26)42-15-19-47-20-16-42)30-4-2-3-27(33(30)40-44)22-25-5-9-28(10-6-25)41-13-17-46-18-14-41/h5-12,21-22,30,34H,2-4,13-20,23H2,1H3/b27-22+. The molecule has 1 amide bonds. The smallest absolute Gasteiger partial charge is 0.378 e. The van der Waals surface area contributed by atoms with Crippen LogP contribution in [0.25, 0.3) is 6.08 Å². The normalized spacial score (nSPS) is 22.9. The summed E-state index contributed by atoms with van der Waals surface area (Å²) in [5.41, 5.74) is 5.47. The number of carbonyl (C=O) groups excluding carboxylic acids is 1. The predicted octanol–water partition coefficient (Wildman–Crippen LogP) is 5.71. The number of benzene rings is 2. The number of anilines is 2. The van der Waals surface area contributed by atoms with Crippen molar-refractivity contribution < 1.29 is 27.4 Å². The summed E-state index contributed by atoms with van der Waals surface area (Å²) in [6.45, 7) is 7.36. The van der Waals surface area contributed by atoms with Crippen molar-refractivity contribution in [3.05, 3.63) is 82.7 Å². The van der Waals surface area contributed by atoms with Gasteiger partial charge in [0.15, 0.2) is 5.69 Å². The van der Waals surface area contributed by atoms with Gasteiger partial charge < -0.3 is 19.3 Å². The van der Waals surface area contributed by atoms with Crippen LogP contribution in [0, 0.1) is 12.8 Å². The molecule has 2 atom stereocenters. The number of nitrogens with zero attached hydrogens (tertiary/aromatic N) is 6. The van der Waals surface area contributed by atoms with E-state index in [2.05, 4.69) is 69.5 Å². The molecular formula is C35H39F3N6O3. The Hall–Kier alpha value is -4.16. The van der Waals surface area contributed by atoms with E-state index >= 15 is 0 Å². The number of hydrogen-bond donors (Lipinski definition) is 0. The van der Waals surface area contributed by atoms with Crippen LogP contribution in [-0.4, -0.2) is 79.0 Å². The number of morpholine rings is 2. The molecule has 1 aromatic heterocycles. The molecule has 3 aromatic rings. The van der Waals surface area contributed by atoms with E-state index in [4.69, 9.17) is 14.6 Å². The van der Waals surface area contributed by atoms with Crippen molar-refractivity contribution in [2.24, 2.45) is 11.0 Å². The number of aromatic nitrogens is 2. The van der Waals surface area contributed by atoms with E-state index in [0.29, 0.717) is 13.2 Å². The van der Waals surface area contributed by atoms with Gasteiger partial charge in [0.25, 0.3) is 5.91 Å². The highest BCUT2D eigenvalue weighted by atomic mass is 19.4. The average Bonchev–Trinajstić information content (AvgIpc) is 3.67. The summed E-state index contributed by atoms with van der Waals surface area (Å²) in [5, 5.41) is 10.2. The molecule has 2 aromatic carbocycles. The molecule has 1 aliphatic carbocycles. The number of allylic oxidation sites excluding steroid dienone is 1. The molecule has 3 aliphatic heterocycles. The van der Waals surface area contributed by atoms with Gasteiger partial charge in [-0.2, -0.15) is 23.4 Å². The third-order valence-electron chi connectivity index (χ3n) is 9.53. The Kier molecular flexibility index (Phi) is 8.80. The van der Waals surface area contributed by atoms with Crippen molar-refractivity contribution >= 4 is 29.1 Å². The Morgan fingerprint density at radius 1 is 0.915 bits per heavy atom. The van der Waals surface area contributed by atoms with Gasteiger partial charge in [-0.3, -0.25) is 9.48 Å². The second-order valence-electron chi connectivity index (χ2n) is 12.5. The fourth-order valence-electron chi connectivity index (χ4n) is 7.06. The zero-order valence-corrected chi connectivity index (χ0v) is 26.5. The van der Waals surface area contributed by atoms with Gasteiger partial charge >= 0.3 is 6.18 Å². The van der Waals surface area contributed by atoms with Gasteiger partial charge in [0, 0.05) is 49.2 Å². The molecule has 12 heteroatoms. The van der Waals surface area contributed by atoms with E-state index in [9.17, 15) is 18.0 Å². The van der Waals surface area contributed by atoms with Gasteiger partial charge in [-0.1, -0.05) is 24.3 Å². The highest BCUT2D eigenvalue weighted by molar-refractivity contribution is 6.08. The van der Waals surface area contributed by atoms with Gasteiger partial charge in [0.1, 0.15) is 6.54 Å². The summed E-state index contributed by atoms with van der Waals surface area (Å²) < 4.78 is 52.3. The summed E-state index contributed by atoms with van der Waals surface area (Å²) in [5.74, 6) is -0.437. The molecule has 2 saturated heterocycles. The predicted molar refractivity (Wildman–Crippen MR) is 173 cm³/mol. The lowest BCUT2D eigenvalue weighted by atomic mass is 9.77. The first-order valence-electron chi connectivity index (χ1n) is 16.3. The largest absolute Gasteiger partial charge is 0.435 e. The topological polar surface area (TPSA) is 75.4 Å². The lowest BCUT2D eigenvalue weighted by molar-refractivity contribution is -0.142. The van der Waals surface area contributed by atoms with E-state index in [1.165, 1.54) is 11.9 Å².